The Morgan fingerprint density at radius 1 is 1.14 bits per heavy atom. The molecule has 0 atom stereocenters. The van der Waals surface area contributed by atoms with Gasteiger partial charge in [-0.15, -0.1) is 0 Å². The number of hydrogen-bond acceptors (Lipinski definition) is 3. The van der Waals surface area contributed by atoms with Gasteiger partial charge in [-0.25, -0.2) is 4.39 Å². The van der Waals surface area contributed by atoms with Crippen LogP contribution in [0.3, 0.4) is 0 Å². The van der Waals surface area contributed by atoms with Crippen LogP contribution >= 0.6 is 27.5 Å². The third kappa shape index (κ3) is 5.17. The molecule has 0 amide bonds. The molecule has 0 bridgehead atoms. The Morgan fingerprint density at radius 2 is 1.86 bits per heavy atom. The molecule has 0 saturated carbocycles. The van der Waals surface area contributed by atoms with Gasteiger partial charge in [-0.3, -0.25) is 0 Å². The number of rotatable bonds is 6. The summed E-state index contributed by atoms with van der Waals surface area (Å²) < 4.78 is 26.1. The lowest BCUT2D eigenvalue weighted by atomic mass is 10.0. The fraction of sp³-hybridized carbons (Fsp3) is 0.0870. The zero-order valence-electron chi connectivity index (χ0n) is 15.5. The second-order valence-corrected chi connectivity index (χ2v) is 7.38. The summed E-state index contributed by atoms with van der Waals surface area (Å²) in [6.07, 6.45) is 1.61. The second kappa shape index (κ2) is 9.60. The van der Waals surface area contributed by atoms with E-state index in [1.54, 1.807) is 48.5 Å². The van der Waals surface area contributed by atoms with Gasteiger partial charge >= 0.3 is 0 Å². The molecule has 0 spiro atoms. The van der Waals surface area contributed by atoms with Crippen molar-refractivity contribution in [3.8, 4) is 17.6 Å². The molecule has 0 heterocycles. The zero-order chi connectivity index (χ0) is 20.8. The van der Waals surface area contributed by atoms with Crippen molar-refractivity contribution in [1.29, 1.82) is 5.26 Å². The lowest BCUT2D eigenvalue weighted by Crippen LogP contribution is -1.98. The molecule has 0 aromatic heterocycles. The van der Waals surface area contributed by atoms with Gasteiger partial charge in [0.1, 0.15) is 12.4 Å². The molecular formula is C23H16BrClFNO2. The minimum atomic E-state index is -0.452. The summed E-state index contributed by atoms with van der Waals surface area (Å²) in [5, 5.41) is 10.2. The topological polar surface area (TPSA) is 42.2 Å². The van der Waals surface area contributed by atoms with Gasteiger partial charge < -0.3 is 9.47 Å². The number of benzene rings is 3. The monoisotopic (exact) mass is 471 g/mol. The molecule has 0 unspecified atom stereocenters. The number of halogens is 3. The molecular weight excluding hydrogens is 457 g/mol. The maximum atomic E-state index is 14.1. The maximum Gasteiger partial charge on any atom is 0.162 e. The first-order chi connectivity index (χ1) is 14.0. The summed E-state index contributed by atoms with van der Waals surface area (Å²) in [5.74, 6) is 0.585. The van der Waals surface area contributed by atoms with Gasteiger partial charge in [-0.05, 0) is 47.5 Å². The quantitative estimate of drug-likeness (QED) is 0.290. The van der Waals surface area contributed by atoms with Crippen molar-refractivity contribution in [2.24, 2.45) is 0 Å². The Balaban J connectivity index is 1.90. The van der Waals surface area contributed by atoms with Gasteiger partial charge in [-0.1, -0.05) is 57.9 Å². The molecule has 29 heavy (non-hydrogen) atoms. The van der Waals surface area contributed by atoms with Crippen LogP contribution in [0.5, 0.6) is 11.5 Å². The first kappa shape index (κ1) is 20.9. The molecule has 0 radical (unpaired) electrons. The minimum absolute atomic E-state index is 0.209. The molecule has 3 rings (SSSR count). The Bertz CT molecular complexity index is 1090. The van der Waals surface area contributed by atoms with Gasteiger partial charge in [0.2, 0.25) is 0 Å². The lowest BCUT2D eigenvalue weighted by Gasteiger charge is -2.13. The first-order valence-corrected chi connectivity index (χ1v) is 9.80. The van der Waals surface area contributed by atoms with Crippen LogP contribution in [0.25, 0.3) is 11.6 Å². The minimum Gasteiger partial charge on any atom is -0.493 e. The summed E-state index contributed by atoms with van der Waals surface area (Å²) in [7, 11) is 1.54. The van der Waals surface area contributed by atoms with Crippen LogP contribution in [0.15, 0.2) is 65.1 Å². The standard InChI is InChI=1S/C23H16BrClFNO2/c1-28-22-11-16(10-17(13-27)19-4-2-3-5-21(19)26)20(24)12-23(22)29-14-15-6-8-18(25)9-7-15/h2-12H,14H2,1H3. The molecule has 3 aromatic rings. The van der Waals surface area contributed by atoms with Gasteiger partial charge in [-0.2, -0.15) is 5.26 Å². The van der Waals surface area contributed by atoms with Crippen LogP contribution in [-0.2, 0) is 6.61 Å². The second-order valence-electron chi connectivity index (χ2n) is 6.09. The molecule has 6 heteroatoms. The molecule has 0 N–H and O–H groups in total. The van der Waals surface area contributed by atoms with Crippen LogP contribution < -0.4 is 9.47 Å². The Labute approximate surface area is 182 Å². The van der Waals surface area contributed by atoms with Crippen molar-refractivity contribution in [2.75, 3.05) is 7.11 Å². The summed E-state index contributed by atoms with van der Waals surface area (Å²) in [6, 6.07) is 19.1. The van der Waals surface area contributed by atoms with E-state index in [1.807, 2.05) is 12.1 Å². The number of ether oxygens (including phenoxy) is 2. The largest absolute Gasteiger partial charge is 0.493 e. The fourth-order valence-electron chi connectivity index (χ4n) is 2.68. The predicted octanol–water partition coefficient (Wildman–Crippen LogP) is 6.89. The van der Waals surface area contributed by atoms with Gasteiger partial charge in [0, 0.05) is 15.1 Å². The van der Waals surface area contributed by atoms with E-state index < -0.39 is 5.82 Å². The van der Waals surface area contributed by atoms with Gasteiger partial charge in [0.25, 0.3) is 0 Å². The molecule has 0 aliphatic rings. The molecule has 146 valence electrons. The summed E-state index contributed by atoms with van der Waals surface area (Å²) in [6.45, 7) is 0.341. The van der Waals surface area contributed by atoms with E-state index in [9.17, 15) is 9.65 Å². The normalized spacial score (nSPS) is 11.1. The Hall–Kier alpha value is -2.81. The molecule has 0 fully saturated rings. The van der Waals surface area contributed by atoms with E-state index in [-0.39, 0.29) is 11.1 Å². The van der Waals surface area contributed by atoms with Crippen LogP contribution in [0.2, 0.25) is 5.02 Å². The smallest absolute Gasteiger partial charge is 0.162 e. The number of methoxy groups -OCH3 is 1. The summed E-state index contributed by atoms with van der Waals surface area (Å²) in [5.41, 5.74) is 2.08. The highest BCUT2D eigenvalue weighted by Gasteiger charge is 2.12. The highest BCUT2D eigenvalue weighted by Crippen LogP contribution is 2.36. The van der Waals surface area contributed by atoms with Crippen LogP contribution in [-0.4, -0.2) is 7.11 Å². The van der Waals surface area contributed by atoms with Crippen LogP contribution in [0.1, 0.15) is 16.7 Å². The van der Waals surface area contributed by atoms with Crippen molar-refractivity contribution >= 4 is 39.2 Å². The SMILES string of the molecule is COc1cc(C=C(C#N)c2ccccc2F)c(Br)cc1OCc1ccc(Cl)cc1. The summed E-state index contributed by atoms with van der Waals surface area (Å²) >= 11 is 9.40. The first-order valence-electron chi connectivity index (χ1n) is 8.63. The molecule has 0 aliphatic heterocycles. The molecule has 0 aliphatic carbocycles. The van der Waals surface area contributed by atoms with Gasteiger partial charge in [0.15, 0.2) is 11.5 Å². The molecule has 0 saturated heterocycles. The van der Waals surface area contributed by atoms with E-state index in [0.717, 1.165) is 5.56 Å². The number of hydrogen-bond donors (Lipinski definition) is 0. The van der Waals surface area contributed by atoms with E-state index in [4.69, 9.17) is 21.1 Å². The van der Waals surface area contributed by atoms with Crippen LogP contribution in [0, 0.1) is 17.1 Å². The Morgan fingerprint density at radius 3 is 2.52 bits per heavy atom. The maximum absolute atomic E-state index is 14.1. The average Bonchev–Trinajstić information content (AvgIpc) is 2.73. The van der Waals surface area contributed by atoms with Crippen molar-refractivity contribution in [2.45, 2.75) is 6.61 Å². The third-order valence-electron chi connectivity index (χ3n) is 4.17. The van der Waals surface area contributed by atoms with E-state index in [1.165, 1.54) is 13.2 Å². The zero-order valence-corrected chi connectivity index (χ0v) is 17.8. The van der Waals surface area contributed by atoms with Crippen molar-refractivity contribution in [3.63, 3.8) is 0 Å². The highest BCUT2D eigenvalue weighted by molar-refractivity contribution is 9.10. The van der Waals surface area contributed by atoms with Crippen LogP contribution in [0.4, 0.5) is 4.39 Å². The van der Waals surface area contributed by atoms with E-state index >= 15 is 0 Å². The average molecular weight is 473 g/mol. The summed E-state index contributed by atoms with van der Waals surface area (Å²) in [4.78, 5) is 0. The highest BCUT2D eigenvalue weighted by atomic mass is 79.9. The number of nitriles is 1. The van der Waals surface area contributed by atoms with Gasteiger partial charge in [0.05, 0.1) is 18.8 Å². The van der Waals surface area contributed by atoms with E-state index in [2.05, 4.69) is 22.0 Å². The third-order valence-corrected chi connectivity index (χ3v) is 5.11. The fourth-order valence-corrected chi connectivity index (χ4v) is 3.24. The van der Waals surface area contributed by atoms with E-state index in [0.29, 0.717) is 33.2 Å². The predicted molar refractivity (Wildman–Crippen MR) is 116 cm³/mol. The molecule has 3 aromatic carbocycles. The Kier molecular flexibility index (Phi) is 6.92. The number of allylic oxidation sites excluding steroid dienone is 1. The van der Waals surface area contributed by atoms with Crippen molar-refractivity contribution in [1.82, 2.24) is 0 Å². The van der Waals surface area contributed by atoms with Crippen molar-refractivity contribution < 1.29 is 13.9 Å². The number of nitrogens with zero attached hydrogens (tertiary/aromatic N) is 1. The molecule has 3 nitrogen and oxygen atoms in total. The lowest BCUT2D eigenvalue weighted by molar-refractivity contribution is 0.284. The van der Waals surface area contributed by atoms with Crippen molar-refractivity contribution in [3.05, 3.63) is 92.7 Å².